The van der Waals surface area contributed by atoms with Gasteiger partial charge in [-0.05, 0) is 16.7 Å². The summed E-state index contributed by atoms with van der Waals surface area (Å²) in [5.41, 5.74) is 0.813. The topological polar surface area (TPSA) is 133 Å². The van der Waals surface area contributed by atoms with Crippen molar-refractivity contribution in [2.75, 3.05) is 11.2 Å². The van der Waals surface area contributed by atoms with E-state index < -0.39 is 40.5 Å². The summed E-state index contributed by atoms with van der Waals surface area (Å²) >= 11 is 8.33. The lowest BCUT2D eigenvalue weighted by Gasteiger charge is -2.46. The number of oxime groups is 1. The lowest BCUT2D eigenvalue weighted by atomic mass is 9.77. The largest absolute Gasteiger partial charge is 0.477 e. The number of rotatable bonds is 12. The number of carbonyl (C=O) groups excluding carboxylic acids is 2. The molecule has 0 spiro atoms. The maximum Gasteiger partial charge on any atom is 0.407 e. The number of nitrogens with one attached hydrogen (secondary N) is 2. The van der Waals surface area contributed by atoms with Crippen LogP contribution in [0.5, 0.6) is 0 Å². The van der Waals surface area contributed by atoms with Crippen molar-refractivity contribution in [2.45, 2.75) is 29.3 Å². The lowest BCUT2D eigenvalue weighted by molar-refractivity contribution is -0.146. The second-order valence-electron chi connectivity index (χ2n) is 10.5. The summed E-state index contributed by atoms with van der Waals surface area (Å²) in [7, 11) is 0. The third-order valence-electron chi connectivity index (χ3n) is 7.77. The molecule has 6 rings (SSSR count). The predicted molar refractivity (Wildman–Crippen MR) is 179 cm³/mol. The SMILES string of the molecule is O=C(O)C1=C(CCl)C(NC(=O)C(=NOC(F)F)c2csc(NC(c3ccccc3)(c3ccccc3)c3ccccc3)n2)S[C@@H]2CC(=O)N12. The van der Waals surface area contributed by atoms with E-state index in [0.29, 0.717) is 5.13 Å². The second kappa shape index (κ2) is 14.1. The molecule has 3 aromatic carbocycles. The highest BCUT2D eigenvalue weighted by molar-refractivity contribution is 8.00. The van der Waals surface area contributed by atoms with Crippen molar-refractivity contribution in [3.63, 3.8) is 0 Å². The van der Waals surface area contributed by atoms with Crippen molar-refractivity contribution in [3.05, 3.63) is 130 Å². The summed E-state index contributed by atoms with van der Waals surface area (Å²) in [5.74, 6) is -3.05. The Morgan fingerprint density at radius 1 is 1.02 bits per heavy atom. The molecule has 48 heavy (non-hydrogen) atoms. The number of β-lactam (4-membered cyclic amide) rings is 1. The second-order valence-corrected chi connectivity index (χ2v) is 13.0. The number of carboxylic acid groups (broad SMARTS) is 1. The van der Waals surface area contributed by atoms with Gasteiger partial charge in [0.25, 0.3) is 5.91 Å². The van der Waals surface area contributed by atoms with E-state index in [4.69, 9.17) is 11.6 Å². The number of hydrogen-bond acceptors (Lipinski definition) is 9. The third-order valence-corrected chi connectivity index (χ3v) is 10.2. The van der Waals surface area contributed by atoms with Crippen molar-refractivity contribution in [1.29, 1.82) is 0 Å². The fourth-order valence-electron chi connectivity index (χ4n) is 5.64. The highest BCUT2D eigenvalue weighted by Gasteiger charge is 2.49. The molecule has 1 saturated heterocycles. The van der Waals surface area contributed by atoms with Crippen molar-refractivity contribution < 1.29 is 33.1 Å². The van der Waals surface area contributed by atoms with Gasteiger partial charge in [-0.2, -0.15) is 8.78 Å². The average Bonchev–Trinajstić information content (AvgIpc) is 3.55. The molecule has 1 fully saturated rings. The zero-order chi connectivity index (χ0) is 33.8. The van der Waals surface area contributed by atoms with E-state index in [2.05, 4.69) is 25.6 Å². The van der Waals surface area contributed by atoms with E-state index in [9.17, 15) is 28.3 Å². The number of halogens is 3. The van der Waals surface area contributed by atoms with Crippen LogP contribution in [0, 0.1) is 0 Å². The average molecular weight is 710 g/mol. The number of amides is 2. The van der Waals surface area contributed by atoms with Crippen LogP contribution in [0.4, 0.5) is 13.9 Å². The van der Waals surface area contributed by atoms with Gasteiger partial charge in [-0.25, -0.2) is 9.78 Å². The zero-order valence-corrected chi connectivity index (χ0v) is 27.1. The van der Waals surface area contributed by atoms with E-state index in [1.165, 1.54) is 5.38 Å². The van der Waals surface area contributed by atoms with Crippen molar-refractivity contribution in [1.82, 2.24) is 15.2 Å². The molecule has 0 saturated carbocycles. The number of nitrogens with zero attached hydrogens (tertiary/aromatic N) is 3. The van der Waals surface area contributed by atoms with Gasteiger partial charge in [0.05, 0.1) is 11.8 Å². The first-order valence-electron chi connectivity index (χ1n) is 14.5. The van der Waals surface area contributed by atoms with Gasteiger partial charge in [-0.15, -0.1) is 34.7 Å². The quantitative estimate of drug-likeness (QED) is 0.0552. The summed E-state index contributed by atoms with van der Waals surface area (Å²) < 4.78 is 26.4. The minimum Gasteiger partial charge on any atom is -0.477 e. The molecule has 2 atom stereocenters. The van der Waals surface area contributed by atoms with Crippen LogP contribution < -0.4 is 10.6 Å². The molecule has 4 aromatic rings. The van der Waals surface area contributed by atoms with Gasteiger partial charge in [0.2, 0.25) is 5.91 Å². The number of carboxylic acids is 1. The van der Waals surface area contributed by atoms with Crippen LogP contribution in [0.1, 0.15) is 28.8 Å². The Bertz CT molecular complexity index is 1780. The van der Waals surface area contributed by atoms with Crippen LogP contribution >= 0.6 is 34.7 Å². The van der Waals surface area contributed by atoms with E-state index >= 15 is 0 Å². The third kappa shape index (κ3) is 6.38. The number of thiazole rings is 1. The van der Waals surface area contributed by atoms with Gasteiger partial charge in [0.15, 0.2) is 10.8 Å². The number of thioether (sulfide) groups is 1. The Morgan fingerprint density at radius 2 is 1.58 bits per heavy atom. The van der Waals surface area contributed by atoms with Crippen LogP contribution in [0.15, 0.2) is 113 Å². The molecule has 2 aliphatic rings. The van der Waals surface area contributed by atoms with Crippen LogP contribution in [-0.2, 0) is 24.8 Å². The molecular formula is C33H26ClF2N5O5S2. The Morgan fingerprint density at radius 3 is 2.06 bits per heavy atom. The van der Waals surface area contributed by atoms with Crippen LogP contribution in [-0.4, -0.2) is 61.7 Å². The number of alkyl halides is 3. The predicted octanol–water partition coefficient (Wildman–Crippen LogP) is 5.82. The molecular weight excluding hydrogens is 684 g/mol. The molecule has 246 valence electrons. The molecule has 0 bridgehead atoms. The number of anilines is 1. The highest BCUT2D eigenvalue weighted by Crippen LogP contribution is 2.44. The standard InChI is InChI=1S/C33H26ClF2N5O5S2/c34-17-22-27(30(44)45)41-24(42)16-25(41)48-29(22)38-28(43)26(40-46-31(35)36)23-18-47-32(37-23)39-33(19-10-4-1-5-11-19,20-12-6-2-7-13-20)21-14-8-3-9-15-21/h1-15,18,25,29,31H,16-17H2,(H,37,39)(H,38,43)(H,44,45)/t25-,29?/m1/s1. The number of benzene rings is 3. The molecule has 1 aromatic heterocycles. The number of carbonyl (C=O) groups is 3. The molecule has 3 N–H and O–H groups in total. The minimum atomic E-state index is -3.33. The van der Waals surface area contributed by atoms with E-state index in [-0.39, 0.29) is 35.2 Å². The number of hydrogen-bond donors (Lipinski definition) is 3. The van der Waals surface area contributed by atoms with Crippen LogP contribution in [0.25, 0.3) is 0 Å². The number of aliphatic carboxylic acids is 1. The zero-order valence-electron chi connectivity index (χ0n) is 24.8. The lowest BCUT2D eigenvalue weighted by Crippen LogP contribution is -2.57. The molecule has 0 aliphatic carbocycles. The maximum absolute atomic E-state index is 13.7. The monoisotopic (exact) mass is 709 g/mol. The Hall–Kier alpha value is -4.79. The van der Waals surface area contributed by atoms with E-state index in [1.54, 1.807) is 0 Å². The van der Waals surface area contributed by atoms with Crippen molar-refractivity contribution in [3.8, 4) is 0 Å². The van der Waals surface area contributed by atoms with Gasteiger partial charge >= 0.3 is 12.6 Å². The maximum atomic E-state index is 13.7. The van der Waals surface area contributed by atoms with Gasteiger partial charge in [-0.3, -0.25) is 14.5 Å². The van der Waals surface area contributed by atoms with E-state index in [1.807, 2.05) is 91.0 Å². The number of fused-ring (bicyclic) bond motifs is 1. The summed E-state index contributed by atoms with van der Waals surface area (Å²) in [6, 6.07) is 29.1. The minimum absolute atomic E-state index is 0.0614. The van der Waals surface area contributed by atoms with Gasteiger partial charge in [0.1, 0.15) is 22.3 Å². The first-order valence-corrected chi connectivity index (χ1v) is 16.8. The van der Waals surface area contributed by atoms with E-state index in [0.717, 1.165) is 44.7 Å². The summed E-state index contributed by atoms with van der Waals surface area (Å²) in [6.45, 7) is -3.33. The first-order chi connectivity index (χ1) is 23.2. The smallest absolute Gasteiger partial charge is 0.407 e. The summed E-state index contributed by atoms with van der Waals surface area (Å²) in [4.78, 5) is 47.8. The fraction of sp³-hybridized carbons (Fsp3) is 0.182. The fourth-order valence-corrected chi connectivity index (χ4v) is 8.20. The molecule has 2 aliphatic heterocycles. The van der Waals surface area contributed by atoms with Crippen molar-refractivity contribution in [2.24, 2.45) is 5.16 Å². The normalized spacial score (nSPS) is 17.9. The molecule has 10 nitrogen and oxygen atoms in total. The molecule has 3 heterocycles. The Labute approximate surface area is 286 Å². The Balaban J connectivity index is 1.37. The molecule has 1 unspecified atom stereocenters. The molecule has 0 radical (unpaired) electrons. The number of aromatic nitrogens is 1. The van der Waals surface area contributed by atoms with Gasteiger partial charge in [-0.1, -0.05) is 96.2 Å². The highest BCUT2D eigenvalue weighted by atomic mass is 35.5. The summed E-state index contributed by atoms with van der Waals surface area (Å²) in [5, 5.41) is 19.7. The first kappa shape index (κ1) is 33.1. The molecule has 15 heteroatoms. The van der Waals surface area contributed by atoms with Gasteiger partial charge < -0.3 is 20.6 Å². The molecule has 2 amide bonds. The van der Waals surface area contributed by atoms with Gasteiger partial charge in [0, 0.05) is 16.8 Å². The Kier molecular flexibility index (Phi) is 9.76. The van der Waals surface area contributed by atoms with Crippen LogP contribution in [0.3, 0.4) is 0 Å². The van der Waals surface area contributed by atoms with Crippen molar-refractivity contribution >= 4 is 63.3 Å². The summed E-state index contributed by atoms with van der Waals surface area (Å²) in [6.07, 6.45) is 0.0614. The van der Waals surface area contributed by atoms with Crippen LogP contribution in [0.2, 0.25) is 0 Å².